The average molecular weight is 231 g/mol. The summed E-state index contributed by atoms with van der Waals surface area (Å²) in [5.41, 5.74) is 5.99. The zero-order valence-corrected chi connectivity index (χ0v) is 8.91. The molecule has 0 aromatic heterocycles. The number of hydrogen-bond donors (Lipinski definition) is 2. The fraction of sp³-hybridized carbons (Fsp3) is 0.222. The zero-order valence-electron chi connectivity index (χ0n) is 7.40. The highest BCUT2D eigenvalue weighted by atomic mass is 35.5. The van der Waals surface area contributed by atoms with Crippen LogP contribution in [0.2, 0.25) is 10.0 Å². The maximum absolute atomic E-state index is 11.5. The molecule has 1 amide bonds. The van der Waals surface area contributed by atoms with Crippen LogP contribution >= 0.6 is 23.2 Å². The molecular formula is C9H8Cl2N2O. The number of carbonyl (C=O) groups excluding carboxylic acids is 1. The largest absolute Gasteiger partial charge is 0.323 e. The van der Waals surface area contributed by atoms with Gasteiger partial charge in [-0.15, -0.1) is 0 Å². The number of rotatable bonds is 0. The number of anilines is 1. The summed E-state index contributed by atoms with van der Waals surface area (Å²) in [7, 11) is 0. The van der Waals surface area contributed by atoms with Crippen LogP contribution in [0, 0.1) is 0 Å². The van der Waals surface area contributed by atoms with E-state index in [-0.39, 0.29) is 5.91 Å². The van der Waals surface area contributed by atoms with Crippen molar-refractivity contribution in [2.75, 3.05) is 5.32 Å². The van der Waals surface area contributed by atoms with E-state index >= 15 is 0 Å². The Kier molecular flexibility index (Phi) is 2.00. The van der Waals surface area contributed by atoms with Crippen LogP contribution in [0.5, 0.6) is 0 Å². The monoisotopic (exact) mass is 230 g/mol. The van der Waals surface area contributed by atoms with Gasteiger partial charge in [0.1, 0.15) is 5.54 Å². The van der Waals surface area contributed by atoms with Crippen LogP contribution in [0.15, 0.2) is 12.1 Å². The SMILES string of the molecule is C[C@@]1(N)C(=O)Nc2c(Cl)cc(Cl)cc21. The highest BCUT2D eigenvalue weighted by Crippen LogP contribution is 2.40. The van der Waals surface area contributed by atoms with Crippen molar-refractivity contribution in [2.45, 2.75) is 12.5 Å². The Morgan fingerprint density at radius 3 is 2.71 bits per heavy atom. The van der Waals surface area contributed by atoms with Gasteiger partial charge in [0, 0.05) is 10.6 Å². The van der Waals surface area contributed by atoms with E-state index in [1.54, 1.807) is 19.1 Å². The molecular weight excluding hydrogens is 223 g/mol. The lowest BCUT2D eigenvalue weighted by Gasteiger charge is -2.15. The van der Waals surface area contributed by atoms with Gasteiger partial charge in [0.2, 0.25) is 5.91 Å². The van der Waals surface area contributed by atoms with Crippen molar-refractivity contribution in [1.29, 1.82) is 0 Å². The number of carbonyl (C=O) groups is 1. The standard InChI is InChI=1S/C9H8Cl2N2O/c1-9(12)5-2-4(10)3-6(11)7(5)13-8(9)14/h2-3H,12H2,1H3,(H,13,14)/t9-/m0/s1. The van der Waals surface area contributed by atoms with Gasteiger partial charge in [0.05, 0.1) is 10.7 Å². The highest BCUT2D eigenvalue weighted by Gasteiger charge is 2.40. The van der Waals surface area contributed by atoms with Crippen molar-refractivity contribution < 1.29 is 4.79 Å². The van der Waals surface area contributed by atoms with E-state index in [1.165, 1.54) is 0 Å². The van der Waals surface area contributed by atoms with Gasteiger partial charge in [-0.2, -0.15) is 0 Å². The number of fused-ring (bicyclic) bond motifs is 1. The molecule has 1 aromatic rings. The van der Waals surface area contributed by atoms with Gasteiger partial charge in [-0.05, 0) is 19.1 Å². The van der Waals surface area contributed by atoms with Crippen molar-refractivity contribution >= 4 is 34.8 Å². The molecule has 3 N–H and O–H groups in total. The van der Waals surface area contributed by atoms with Gasteiger partial charge in [-0.1, -0.05) is 23.2 Å². The molecule has 1 aliphatic heterocycles. The Balaban J connectivity index is 2.71. The third-order valence-corrected chi connectivity index (χ3v) is 2.84. The van der Waals surface area contributed by atoms with Crippen LogP contribution in [0.3, 0.4) is 0 Å². The first kappa shape index (κ1) is 9.77. The fourth-order valence-electron chi connectivity index (χ4n) is 1.48. The van der Waals surface area contributed by atoms with E-state index < -0.39 is 5.54 Å². The summed E-state index contributed by atoms with van der Waals surface area (Å²) < 4.78 is 0. The Labute approximate surface area is 91.2 Å². The van der Waals surface area contributed by atoms with Crippen LogP contribution in [0.1, 0.15) is 12.5 Å². The predicted molar refractivity (Wildman–Crippen MR) is 56.6 cm³/mol. The molecule has 3 nitrogen and oxygen atoms in total. The first-order valence-electron chi connectivity index (χ1n) is 4.03. The third kappa shape index (κ3) is 1.21. The second kappa shape index (κ2) is 2.86. The molecule has 74 valence electrons. The van der Waals surface area contributed by atoms with Crippen LogP contribution in [0.25, 0.3) is 0 Å². The smallest absolute Gasteiger partial charge is 0.248 e. The number of nitrogens with two attached hydrogens (primary N) is 1. The van der Waals surface area contributed by atoms with Crippen molar-refractivity contribution in [3.05, 3.63) is 27.7 Å². The van der Waals surface area contributed by atoms with Gasteiger partial charge in [-0.3, -0.25) is 4.79 Å². The minimum absolute atomic E-state index is 0.267. The van der Waals surface area contributed by atoms with Gasteiger partial charge >= 0.3 is 0 Å². The summed E-state index contributed by atoms with van der Waals surface area (Å²) >= 11 is 11.7. The van der Waals surface area contributed by atoms with Crippen molar-refractivity contribution in [3.63, 3.8) is 0 Å². The summed E-state index contributed by atoms with van der Waals surface area (Å²) in [6.45, 7) is 1.63. The molecule has 0 aliphatic carbocycles. The van der Waals surface area contributed by atoms with E-state index in [0.717, 1.165) is 0 Å². The zero-order chi connectivity index (χ0) is 10.5. The number of halogens is 2. The van der Waals surface area contributed by atoms with Gasteiger partial charge in [0.25, 0.3) is 0 Å². The van der Waals surface area contributed by atoms with Crippen molar-refractivity contribution in [3.8, 4) is 0 Å². The maximum atomic E-state index is 11.5. The van der Waals surface area contributed by atoms with Gasteiger partial charge in [0.15, 0.2) is 0 Å². The molecule has 0 bridgehead atoms. The summed E-state index contributed by atoms with van der Waals surface area (Å²) in [5, 5.41) is 3.51. The number of hydrogen-bond acceptors (Lipinski definition) is 2. The van der Waals surface area contributed by atoms with E-state index in [9.17, 15) is 4.79 Å². The Morgan fingerprint density at radius 1 is 1.43 bits per heavy atom. The first-order valence-corrected chi connectivity index (χ1v) is 4.78. The first-order chi connectivity index (χ1) is 6.43. The Hall–Kier alpha value is -0.770. The van der Waals surface area contributed by atoms with Crippen molar-refractivity contribution in [2.24, 2.45) is 5.73 Å². The summed E-state index contributed by atoms with van der Waals surface area (Å²) in [6.07, 6.45) is 0. The van der Waals surface area contributed by atoms with E-state index in [4.69, 9.17) is 28.9 Å². The van der Waals surface area contributed by atoms with E-state index in [2.05, 4.69) is 5.32 Å². The molecule has 14 heavy (non-hydrogen) atoms. The van der Waals surface area contributed by atoms with E-state index in [1.807, 2.05) is 0 Å². The number of benzene rings is 1. The van der Waals surface area contributed by atoms with E-state index in [0.29, 0.717) is 21.3 Å². The normalized spacial score (nSPS) is 24.7. The molecule has 0 saturated heterocycles. The maximum Gasteiger partial charge on any atom is 0.248 e. The molecule has 1 aromatic carbocycles. The van der Waals surface area contributed by atoms with Crippen LogP contribution in [-0.2, 0) is 10.3 Å². The summed E-state index contributed by atoms with van der Waals surface area (Å²) in [6, 6.07) is 3.23. The lowest BCUT2D eigenvalue weighted by Crippen LogP contribution is -2.40. The Bertz CT molecular complexity index is 429. The molecule has 1 atom stereocenters. The summed E-state index contributed by atoms with van der Waals surface area (Å²) in [4.78, 5) is 11.5. The number of amides is 1. The molecule has 0 saturated carbocycles. The third-order valence-electron chi connectivity index (χ3n) is 2.32. The number of nitrogens with one attached hydrogen (secondary N) is 1. The van der Waals surface area contributed by atoms with Crippen LogP contribution < -0.4 is 11.1 Å². The minimum Gasteiger partial charge on any atom is -0.323 e. The second-order valence-electron chi connectivity index (χ2n) is 3.47. The molecule has 5 heteroatoms. The van der Waals surface area contributed by atoms with Crippen LogP contribution in [0.4, 0.5) is 5.69 Å². The molecule has 1 heterocycles. The second-order valence-corrected chi connectivity index (χ2v) is 4.31. The van der Waals surface area contributed by atoms with Gasteiger partial charge < -0.3 is 11.1 Å². The molecule has 0 unspecified atom stereocenters. The molecule has 1 aliphatic rings. The van der Waals surface area contributed by atoms with Crippen molar-refractivity contribution in [1.82, 2.24) is 0 Å². The lowest BCUT2D eigenvalue weighted by atomic mass is 9.95. The van der Waals surface area contributed by atoms with Crippen LogP contribution in [-0.4, -0.2) is 5.91 Å². The minimum atomic E-state index is -1.05. The molecule has 2 rings (SSSR count). The quantitative estimate of drug-likeness (QED) is 0.718. The molecule has 0 fully saturated rings. The van der Waals surface area contributed by atoms with Gasteiger partial charge in [-0.25, -0.2) is 0 Å². The topological polar surface area (TPSA) is 55.1 Å². The molecule has 0 radical (unpaired) electrons. The predicted octanol–water partition coefficient (Wildman–Crippen LogP) is 2.12. The average Bonchev–Trinajstić information content (AvgIpc) is 2.28. The fourth-order valence-corrected chi connectivity index (χ4v) is 2.02. The Morgan fingerprint density at radius 2 is 2.07 bits per heavy atom. The molecule has 0 spiro atoms. The summed E-state index contributed by atoms with van der Waals surface area (Å²) in [5.74, 6) is -0.267. The highest BCUT2D eigenvalue weighted by molar-refractivity contribution is 6.37. The lowest BCUT2D eigenvalue weighted by molar-refractivity contribution is -0.120.